The van der Waals surface area contributed by atoms with Crippen LogP contribution in [0.15, 0.2) is 12.4 Å². The van der Waals surface area contributed by atoms with Gasteiger partial charge in [0.15, 0.2) is 0 Å². The van der Waals surface area contributed by atoms with Crippen molar-refractivity contribution in [3.8, 4) is 0 Å². The molecule has 3 nitrogen and oxygen atoms in total. The molecule has 0 aliphatic carbocycles. The molecule has 1 aromatic heterocycles. The number of aliphatic hydroxyl groups excluding tert-OH is 1. The highest BCUT2D eigenvalue weighted by Gasteiger charge is 2.26. The van der Waals surface area contributed by atoms with Crippen molar-refractivity contribution in [3.63, 3.8) is 0 Å². The molecule has 0 saturated heterocycles. The van der Waals surface area contributed by atoms with Crippen LogP contribution in [0.5, 0.6) is 0 Å². The highest BCUT2D eigenvalue weighted by molar-refractivity contribution is 5.18. The molecule has 1 heterocycles. The van der Waals surface area contributed by atoms with E-state index in [4.69, 9.17) is 5.11 Å². The van der Waals surface area contributed by atoms with Crippen LogP contribution in [0, 0.1) is 0 Å². The molecule has 0 aromatic carbocycles. The van der Waals surface area contributed by atoms with E-state index in [2.05, 4.69) is 32.1 Å². The predicted molar refractivity (Wildman–Crippen MR) is 75.7 cm³/mol. The Bertz CT molecular complexity index is 325. The maximum atomic E-state index is 8.95. The lowest BCUT2D eigenvalue weighted by Gasteiger charge is -2.28. The molecule has 0 spiro atoms. The topological polar surface area (TPSA) is 38.0 Å². The van der Waals surface area contributed by atoms with Crippen molar-refractivity contribution >= 4 is 0 Å². The molecule has 1 aromatic rings. The van der Waals surface area contributed by atoms with E-state index >= 15 is 0 Å². The maximum absolute atomic E-state index is 8.95. The van der Waals surface area contributed by atoms with Crippen molar-refractivity contribution in [3.05, 3.63) is 18.0 Å². The Balaban J connectivity index is 2.78. The van der Waals surface area contributed by atoms with Crippen molar-refractivity contribution in [2.24, 2.45) is 0 Å². The number of nitrogens with zero attached hydrogens (tertiary/aromatic N) is 2. The molecule has 0 amide bonds. The van der Waals surface area contributed by atoms with Crippen LogP contribution in [0.4, 0.5) is 0 Å². The van der Waals surface area contributed by atoms with Crippen LogP contribution >= 0.6 is 0 Å². The second-order valence-corrected chi connectivity index (χ2v) is 5.48. The van der Waals surface area contributed by atoms with Gasteiger partial charge in [-0.15, -0.1) is 0 Å². The fourth-order valence-electron chi connectivity index (χ4n) is 2.45. The molecule has 0 saturated carbocycles. The third kappa shape index (κ3) is 4.13. The molecule has 0 bridgehead atoms. The lowest BCUT2D eigenvalue weighted by atomic mass is 9.76. The molecule has 1 rings (SSSR count). The van der Waals surface area contributed by atoms with Gasteiger partial charge >= 0.3 is 0 Å². The summed E-state index contributed by atoms with van der Waals surface area (Å²) in [6.45, 7) is 7.60. The van der Waals surface area contributed by atoms with Gasteiger partial charge in [-0.25, -0.2) is 0 Å². The monoisotopic (exact) mass is 252 g/mol. The molecule has 18 heavy (non-hydrogen) atoms. The highest BCUT2D eigenvalue weighted by Crippen LogP contribution is 2.34. The van der Waals surface area contributed by atoms with E-state index in [9.17, 15) is 0 Å². The minimum Gasteiger partial charge on any atom is -0.394 e. The first-order chi connectivity index (χ1) is 8.66. The molecule has 0 aliphatic rings. The van der Waals surface area contributed by atoms with Gasteiger partial charge in [-0.05, 0) is 23.8 Å². The van der Waals surface area contributed by atoms with Gasteiger partial charge in [0.2, 0.25) is 0 Å². The third-order valence-electron chi connectivity index (χ3n) is 3.82. The standard InChI is InChI=1S/C15H28N2O/c1-4-6-8-15(3,9-7-5-2)14-12-16-17(13-14)10-11-18/h12-13,18H,4-11H2,1-3H3. The summed E-state index contributed by atoms with van der Waals surface area (Å²) in [5.41, 5.74) is 1.58. The van der Waals surface area contributed by atoms with Gasteiger partial charge in [0.05, 0.1) is 19.3 Å². The summed E-state index contributed by atoms with van der Waals surface area (Å²) in [5.74, 6) is 0. The summed E-state index contributed by atoms with van der Waals surface area (Å²) in [5, 5.41) is 13.3. The Morgan fingerprint density at radius 1 is 1.22 bits per heavy atom. The molecule has 0 radical (unpaired) electrons. The summed E-state index contributed by atoms with van der Waals surface area (Å²) in [7, 11) is 0. The van der Waals surface area contributed by atoms with Crippen molar-refractivity contribution in [1.29, 1.82) is 0 Å². The molecule has 1 N–H and O–H groups in total. The van der Waals surface area contributed by atoms with Gasteiger partial charge in [-0.2, -0.15) is 5.10 Å². The van der Waals surface area contributed by atoms with Gasteiger partial charge in [-0.3, -0.25) is 4.68 Å². The minimum atomic E-state index is 0.155. The molecule has 3 heteroatoms. The SMILES string of the molecule is CCCCC(C)(CCCC)c1cnn(CCO)c1. The summed E-state index contributed by atoms with van der Waals surface area (Å²) < 4.78 is 1.85. The van der Waals surface area contributed by atoms with Gasteiger partial charge in [0.25, 0.3) is 0 Å². The van der Waals surface area contributed by atoms with Crippen LogP contribution in [0.3, 0.4) is 0 Å². The summed E-state index contributed by atoms with van der Waals surface area (Å²) >= 11 is 0. The van der Waals surface area contributed by atoms with E-state index in [1.807, 2.05) is 10.9 Å². The summed E-state index contributed by atoms with van der Waals surface area (Å²) in [4.78, 5) is 0. The Labute approximate surface area is 111 Å². The molecule has 0 fully saturated rings. The van der Waals surface area contributed by atoms with E-state index < -0.39 is 0 Å². The van der Waals surface area contributed by atoms with Crippen molar-refractivity contribution in [1.82, 2.24) is 9.78 Å². The Morgan fingerprint density at radius 2 is 1.83 bits per heavy atom. The first-order valence-corrected chi connectivity index (χ1v) is 7.30. The molecule has 0 unspecified atom stereocenters. The molecule has 0 aliphatic heterocycles. The largest absolute Gasteiger partial charge is 0.394 e. The van der Waals surface area contributed by atoms with E-state index in [0.29, 0.717) is 6.54 Å². The Kier molecular flexibility index (Phi) is 6.41. The molecule has 104 valence electrons. The smallest absolute Gasteiger partial charge is 0.0640 e. The first kappa shape index (κ1) is 15.2. The van der Waals surface area contributed by atoms with Gasteiger partial charge < -0.3 is 5.11 Å². The Hall–Kier alpha value is -0.830. The quantitative estimate of drug-likeness (QED) is 0.730. The van der Waals surface area contributed by atoms with Gasteiger partial charge in [0, 0.05) is 6.20 Å². The zero-order valence-electron chi connectivity index (χ0n) is 12.2. The number of rotatable bonds is 9. The normalized spacial score (nSPS) is 12.0. The second-order valence-electron chi connectivity index (χ2n) is 5.48. The van der Waals surface area contributed by atoms with Crippen molar-refractivity contribution < 1.29 is 5.11 Å². The van der Waals surface area contributed by atoms with E-state index in [0.717, 1.165) is 0 Å². The zero-order chi connectivity index (χ0) is 13.4. The fraction of sp³-hybridized carbons (Fsp3) is 0.800. The van der Waals surface area contributed by atoms with E-state index in [-0.39, 0.29) is 12.0 Å². The number of aromatic nitrogens is 2. The van der Waals surface area contributed by atoms with Crippen molar-refractivity contribution in [2.75, 3.05) is 6.61 Å². The molecular formula is C15H28N2O. The van der Waals surface area contributed by atoms with Crippen molar-refractivity contribution in [2.45, 2.75) is 71.3 Å². The Morgan fingerprint density at radius 3 is 2.33 bits per heavy atom. The summed E-state index contributed by atoms with van der Waals surface area (Å²) in [6.07, 6.45) is 11.6. The lowest BCUT2D eigenvalue weighted by molar-refractivity contribution is 0.269. The number of hydrogen-bond acceptors (Lipinski definition) is 2. The average Bonchev–Trinajstić information content (AvgIpc) is 2.83. The fourth-order valence-corrected chi connectivity index (χ4v) is 2.45. The van der Waals surface area contributed by atoms with Gasteiger partial charge in [0.1, 0.15) is 0 Å². The predicted octanol–water partition coefficient (Wildman–Crippen LogP) is 3.51. The highest BCUT2D eigenvalue weighted by atomic mass is 16.3. The number of unbranched alkanes of at least 4 members (excludes halogenated alkanes) is 2. The lowest BCUT2D eigenvalue weighted by Crippen LogP contribution is -2.21. The first-order valence-electron chi connectivity index (χ1n) is 7.30. The van der Waals surface area contributed by atoms with Crippen LogP contribution < -0.4 is 0 Å². The second kappa shape index (κ2) is 7.57. The van der Waals surface area contributed by atoms with Crippen LogP contribution in [0.2, 0.25) is 0 Å². The number of aliphatic hydroxyl groups is 1. The minimum absolute atomic E-state index is 0.155. The number of hydrogen-bond donors (Lipinski definition) is 1. The molecule has 0 atom stereocenters. The average molecular weight is 252 g/mol. The maximum Gasteiger partial charge on any atom is 0.0640 e. The third-order valence-corrected chi connectivity index (χ3v) is 3.82. The van der Waals surface area contributed by atoms with Crippen LogP contribution in [-0.2, 0) is 12.0 Å². The zero-order valence-corrected chi connectivity index (χ0v) is 12.2. The van der Waals surface area contributed by atoms with Crippen LogP contribution in [0.1, 0.15) is 64.9 Å². The van der Waals surface area contributed by atoms with Crippen LogP contribution in [-0.4, -0.2) is 21.5 Å². The van der Waals surface area contributed by atoms with Gasteiger partial charge in [-0.1, -0.05) is 46.5 Å². The van der Waals surface area contributed by atoms with E-state index in [1.165, 1.54) is 44.1 Å². The summed E-state index contributed by atoms with van der Waals surface area (Å²) in [6, 6.07) is 0. The molecular weight excluding hydrogens is 224 g/mol. The van der Waals surface area contributed by atoms with E-state index in [1.54, 1.807) is 0 Å². The van der Waals surface area contributed by atoms with Crippen LogP contribution in [0.25, 0.3) is 0 Å².